The van der Waals surface area contributed by atoms with Gasteiger partial charge in [-0.25, -0.2) is 0 Å². The fourth-order valence-corrected chi connectivity index (χ4v) is 9.74. The van der Waals surface area contributed by atoms with E-state index in [9.17, 15) is 0 Å². The summed E-state index contributed by atoms with van der Waals surface area (Å²) in [7, 11) is -1.18. The Morgan fingerprint density at radius 2 is 1.75 bits per heavy atom. The van der Waals surface area contributed by atoms with Crippen LogP contribution in [-0.4, -0.2) is 14.9 Å². The maximum absolute atomic E-state index is 5.66. The standard InChI is InChI=1S/C4H12IOSi2/c1-7(5)6-8(2,3)4/h1-4H3. The number of halogens is 1. The molecule has 0 fully saturated rings. The van der Waals surface area contributed by atoms with Gasteiger partial charge >= 0.3 is 0 Å². The lowest BCUT2D eigenvalue weighted by molar-refractivity contribution is 0.600. The highest BCUT2D eigenvalue weighted by Gasteiger charge is 2.16. The third kappa shape index (κ3) is 7.12. The van der Waals surface area contributed by atoms with Crippen molar-refractivity contribution in [1.29, 1.82) is 0 Å². The van der Waals surface area contributed by atoms with Crippen molar-refractivity contribution < 1.29 is 4.12 Å². The molecule has 49 valence electrons. The lowest BCUT2D eigenvalue weighted by Gasteiger charge is -2.18. The third-order valence-electron chi connectivity index (χ3n) is 0.447. The highest BCUT2D eigenvalue weighted by Crippen LogP contribution is 2.07. The average molecular weight is 259 g/mol. The SMILES string of the molecule is C[Si](I)O[Si](C)(C)C. The van der Waals surface area contributed by atoms with Gasteiger partial charge in [0.15, 0.2) is 8.32 Å². The van der Waals surface area contributed by atoms with Gasteiger partial charge in [0.2, 0.25) is 0 Å². The van der Waals surface area contributed by atoms with E-state index >= 15 is 0 Å². The molecule has 0 aromatic carbocycles. The molecule has 0 saturated carbocycles. The third-order valence-corrected chi connectivity index (χ3v) is 6.00. The zero-order valence-corrected chi connectivity index (χ0v) is 9.94. The zero-order valence-electron chi connectivity index (χ0n) is 5.79. The molecule has 1 nitrogen and oxygen atoms in total. The summed E-state index contributed by atoms with van der Waals surface area (Å²) in [6.07, 6.45) is 0. The van der Waals surface area contributed by atoms with Gasteiger partial charge in [-0.1, -0.05) is 21.8 Å². The van der Waals surface area contributed by atoms with Gasteiger partial charge in [-0.2, -0.15) is 0 Å². The Morgan fingerprint density at radius 1 is 1.38 bits per heavy atom. The molecule has 0 aromatic rings. The summed E-state index contributed by atoms with van der Waals surface area (Å²) in [6.45, 7) is 8.38. The van der Waals surface area contributed by atoms with Gasteiger partial charge in [0.1, 0.15) is 0 Å². The molecular formula is C4H12IOSi2. The number of hydrogen-bond donors (Lipinski definition) is 0. The fraction of sp³-hybridized carbons (Fsp3) is 1.00. The Hall–Kier alpha value is 1.12. The van der Waals surface area contributed by atoms with Crippen LogP contribution in [0.4, 0.5) is 0 Å². The first-order valence-electron chi connectivity index (χ1n) is 2.60. The fourth-order valence-electron chi connectivity index (χ4n) is 0.422. The maximum atomic E-state index is 5.66. The predicted octanol–water partition coefficient (Wildman–Crippen LogP) is 2.39. The molecule has 4 heteroatoms. The Kier molecular flexibility index (Phi) is 3.80. The molecule has 0 bridgehead atoms. The lowest BCUT2D eigenvalue weighted by Crippen LogP contribution is -2.29. The minimum Gasteiger partial charge on any atom is -0.449 e. The average Bonchev–Trinajstić information content (AvgIpc) is 1.21. The van der Waals surface area contributed by atoms with Crippen LogP contribution in [0.15, 0.2) is 0 Å². The van der Waals surface area contributed by atoms with Crippen molar-refractivity contribution in [2.45, 2.75) is 26.2 Å². The van der Waals surface area contributed by atoms with Crippen LogP contribution in [0.25, 0.3) is 0 Å². The van der Waals surface area contributed by atoms with Crippen molar-refractivity contribution in [3.63, 3.8) is 0 Å². The van der Waals surface area contributed by atoms with E-state index in [1.54, 1.807) is 0 Å². The largest absolute Gasteiger partial charge is 0.449 e. The zero-order chi connectivity index (χ0) is 6.78. The number of hydrogen-bond acceptors (Lipinski definition) is 1. The lowest BCUT2D eigenvalue weighted by atomic mass is 11.8. The quantitative estimate of drug-likeness (QED) is 0.420. The second kappa shape index (κ2) is 3.33. The molecule has 0 unspecified atom stereocenters. The Balaban J connectivity index is 3.39. The summed E-state index contributed by atoms with van der Waals surface area (Å²) in [5.41, 5.74) is 0. The summed E-state index contributed by atoms with van der Waals surface area (Å²) in [5, 5.41) is 0. The van der Waals surface area contributed by atoms with Crippen LogP contribution in [0.5, 0.6) is 0 Å². The van der Waals surface area contributed by atoms with Gasteiger partial charge in [0, 0.05) is 0 Å². The summed E-state index contributed by atoms with van der Waals surface area (Å²) in [5.74, 6) is 0. The second-order valence-electron chi connectivity index (χ2n) is 2.68. The van der Waals surface area contributed by atoms with Gasteiger partial charge in [0.25, 0.3) is 6.54 Å². The van der Waals surface area contributed by atoms with Crippen LogP contribution in [0.2, 0.25) is 26.2 Å². The molecule has 0 aliphatic carbocycles. The van der Waals surface area contributed by atoms with Crippen LogP contribution in [0.3, 0.4) is 0 Å². The molecule has 0 amide bonds. The van der Waals surface area contributed by atoms with E-state index < -0.39 is 14.9 Å². The van der Waals surface area contributed by atoms with Gasteiger partial charge in [-0.05, 0) is 26.2 Å². The van der Waals surface area contributed by atoms with E-state index in [2.05, 4.69) is 48.0 Å². The Morgan fingerprint density at radius 3 is 1.75 bits per heavy atom. The minimum absolute atomic E-state index is 0.460. The maximum Gasteiger partial charge on any atom is 0.272 e. The van der Waals surface area contributed by atoms with Crippen molar-refractivity contribution in [3.8, 4) is 0 Å². The molecule has 0 heterocycles. The van der Waals surface area contributed by atoms with E-state index in [1.165, 1.54) is 0 Å². The van der Waals surface area contributed by atoms with E-state index in [0.717, 1.165) is 0 Å². The van der Waals surface area contributed by atoms with Crippen molar-refractivity contribution in [1.82, 2.24) is 0 Å². The molecule has 1 radical (unpaired) electrons. The van der Waals surface area contributed by atoms with Crippen LogP contribution in [0, 0.1) is 0 Å². The van der Waals surface area contributed by atoms with Gasteiger partial charge in [-0.3, -0.25) is 0 Å². The van der Waals surface area contributed by atoms with Crippen molar-refractivity contribution in [2.24, 2.45) is 0 Å². The van der Waals surface area contributed by atoms with Crippen LogP contribution in [-0.2, 0) is 4.12 Å². The predicted molar refractivity (Wildman–Crippen MR) is 50.1 cm³/mol. The smallest absolute Gasteiger partial charge is 0.272 e. The first-order valence-corrected chi connectivity index (χ1v) is 11.0. The highest BCUT2D eigenvalue weighted by molar-refractivity contribution is 14.1. The van der Waals surface area contributed by atoms with Crippen molar-refractivity contribution in [2.75, 3.05) is 0 Å². The van der Waals surface area contributed by atoms with E-state index in [-0.39, 0.29) is 0 Å². The molecular weight excluding hydrogens is 247 g/mol. The minimum atomic E-state index is -1.18. The first-order chi connectivity index (χ1) is 3.42. The molecule has 8 heavy (non-hydrogen) atoms. The Bertz CT molecular complexity index is 68.9. The molecule has 0 spiro atoms. The van der Waals surface area contributed by atoms with E-state index in [4.69, 9.17) is 4.12 Å². The monoisotopic (exact) mass is 259 g/mol. The van der Waals surface area contributed by atoms with Crippen molar-refractivity contribution in [3.05, 3.63) is 0 Å². The number of rotatable bonds is 2. The van der Waals surface area contributed by atoms with Crippen LogP contribution in [0.1, 0.15) is 0 Å². The summed E-state index contributed by atoms with van der Waals surface area (Å²) >= 11 is 2.38. The van der Waals surface area contributed by atoms with Crippen molar-refractivity contribution >= 4 is 36.7 Å². The molecule has 0 aliphatic heterocycles. The van der Waals surface area contributed by atoms with Crippen LogP contribution >= 0.6 is 21.8 Å². The molecule has 0 atom stereocenters. The normalized spacial score (nSPS) is 12.8. The highest BCUT2D eigenvalue weighted by atomic mass is 127. The van der Waals surface area contributed by atoms with Gasteiger partial charge in [-0.15, -0.1) is 0 Å². The summed E-state index contributed by atoms with van der Waals surface area (Å²) < 4.78 is 5.66. The molecule has 0 rings (SSSR count). The second-order valence-corrected chi connectivity index (χ2v) is 13.2. The first kappa shape index (κ1) is 9.12. The molecule has 0 saturated heterocycles. The Labute approximate surface area is 66.9 Å². The van der Waals surface area contributed by atoms with E-state index in [1.807, 2.05) is 0 Å². The van der Waals surface area contributed by atoms with Crippen LogP contribution < -0.4 is 0 Å². The molecule has 0 aliphatic rings. The van der Waals surface area contributed by atoms with Gasteiger partial charge in [0.05, 0.1) is 0 Å². The molecule has 0 aromatic heterocycles. The topological polar surface area (TPSA) is 9.23 Å². The van der Waals surface area contributed by atoms with Gasteiger partial charge < -0.3 is 4.12 Å². The summed E-state index contributed by atoms with van der Waals surface area (Å²) in [4.78, 5) is 0. The summed E-state index contributed by atoms with van der Waals surface area (Å²) in [6, 6.07) is 0. The molecule has 0 N–H and O–H groups in total. The van der Waals surface area contributed by atoms with E-state index in [0.29, 0.717) is 0 Å².